The lowest BCUT2D eigenvalue weighted by molar-refractivity contribution is 0.563. The molecule has 0 atom stereocenters. The lowest BCUT2D eigenvalue weighted by Gasteiger charge is -2.46. The molecule has 0 bridgehead atoms. The van der Waals surface area contributed by atoms with Gasteiger partial charge in [0.2, 0.25) is 0 Å². The van der Waals surface area contributed by atoms with Crippen molar-refractivity contribution in [1.29, 1.82) is 0 Å². The van der Waals surface area contributed by atoms with Gasteiger partial charge in [-0.2, -0.15) is 0 Å². The molecule has 246 valence electrons. The van der Waals surface area contributed by atoms with Gasteiger partial charge < -0.3 is 0 Å². The zero-order valence-electron chi connectivity index (χ0n) is 29.1. The van der Waals surface area contributed by atoms with Crippen LogP contribution in [0.4, 0.5) is 0 Å². The Morgan fingerprint density at radius 3 is 1.23 bits per heavy atom. The van der Waals surface area contributed by atoms with Crippen molar-refractivity contribution in [3.8, 4) is 56.4 Å². The highest BCUT2D eigenvalue weighted by molar-refractivity contribution is 5.89. The summed E-state index contributed by atoms with van der Waals surface area (Å²) < 4.78 is 0. The molecule has 8 aromatic rings. The first-order valence-corrected chi connectivity index (χ1v) is 18.0. The number of hydrogen-bond donors (Lipinski definition) is 0. The van der Waals surface area contributed by atoms with Crippen LogP contribution in [0, 0.1) is 0 Å². The monoisotopic (exact) mass is 665 g/mol. The van der Waals surface area contributed by atoms with Crippen molar-refractivity contribution in [3.63, 3.8) is 0 Å². The molecule has 0 fully saturated rings. The third-order valence-corrected chi connectivity index (χ3v) is 11.2. The summed E-state index contributed by atoms with van der Waals surface area (Å²) >= 11 is 0. The molecule has 1 heterocycles. The molecule has 52 heavy (non-hydrogen) atoms. The largest absolute Gasteiger partial charge is 0.208 e. The van der Waals surface area contributed by atoms with Gasteiger partial charge in [-0.3, -0.25) is 0 Å². The van der Waals surface area contributed by atoms with Gasteiger partial charge in [0.05, 0.1) is 5.41 Å². The van der Waals surface area contributed by atoms with Gasteiger partial charge in [0.15, 0.2) is 17.5 Å². The summed E-state index contributed by atoms with van der Waals surface area (Å²) in [7, 11) is 0. The number of benzene rings is 7. The van der Waals surface area contributed by atoms with Crippen molar-refractivity contribution in [2.45, 2.75) is 24.7 Å². The maximum absolute atomic E-state index is 4.97. The van der Waals surface area contributed by atoms with E-state index in [1.54, 1.807) is 0 Å². The second-order valence-electron chi connectivity index (χ2n) is 14.4. The van der Waals surface area contributed by atoms with E-state index in [9.17, 15) is 0 Å². The van der Waals surface area contributed by atoms with Crippen LogP contribution in [0.2, 0.25) is 0 Å². The molecule has 3 heteroatoms. The van der Waals surface area contributed by atoms with Crippen molar-refractivity contribution in [1.82, 2.24) is 15.0 Å². The van der Waals surface area contributed by atoms with E-state index in [-0.39, 0.29) is 5.41 Å². The van der Waals surface area contributed by atoms with Crippen LogP contribution in [0.25, 0.3) is 56.4 Å². The van der Waals surface area contributed by atoms with Crippen LogP contribution in [0.15, 0.2) is 176 Å². The Kier molecular flexibility index (Phi) is 6.74. The van der Waals surface area contributed by atoms with E-state index < -0.39 is 5.41 Å². The first-order valence-electron chi connectivity index (χ1n) is 18.0. The molecule has 0 amide bonds. The molecule has 2 aliphatic rings. The molecule has 0 N–H and O–H groups in total. The maximum Gasteiger partial charge on any atom is 0.164 e. The topological polar surface area (TPSA) is 38.7 Å². The lowest BCUT2D eigenvalue weighted by Crippen LogP contribution is -2.40. The minimum Gasteiger partial charge on any atom is -0.208 e. The molecule has 0 saturated heterocycles. The van der Waals surface area contributed by atoms with Crippen LogP contribution in [0.3, 0.4) is 0 Å². The van der Waals surface area contributed by atoms with Crippen LogP contribution < -0.4 is 0 Å². The average molecular weight is 666 g/mol. The Balaban J connectivity index is 1.13. The molecular weight excluding hydrogens is 631 g/mol. The van der Waals surface area contributed by atoms with Gasteiger partial charge in [-0.15, -0.1) is 0 Å². The van der Waals surface area contributed by atoms with Gasteiger partial charge in [0.1, 0.15) is 0 Å². The summed E-state index contributed by atoms with van der Waals surface area (Å²) in [5.41, 5.74) is 15.4. The molecule has 0 aliphatic heterocycles. The molecule has 3 nitrogen and oxygen atoms in total. The summed E-state index contributed by atoms with van der Waals surface area (Å²) in [6, 6.07) is 63.2. The maximum atomic E-state index is 4.97. The number of aromatic nitrogens is 3. The van der Waals surface area contributed by atoms with Crippen molar-refractivity contribution in [2.24, 2.45) is 0 Å². The highest BCUT2D eigenvalue weighted by atomic mass is 15.0. The van der Waals surface area contributed by atoms with Gasteiger partial charge in [-0.1, -0.05) is 184 Å². The zero-order chi connectivity index (χ0) is 34.9. The van der Waals surface area contributed by atoms with E-state index >= 15 is 0 Å². The van der Waals surface area contributed by atoms with Crippen LogP contribution in [-0.2, 0) is 10.8 Å². The summed E-state index contributed by atoms with van der Waals surface area (Å²) in [6.45, 7) is 4.75. The number of rotatable bonds is 4. The molecule has 7 aromatic carbocycles. The summed E-state index contributed by atoms with van der Waals surface area (Å²) in [5, 5.41) is 0. The zero-order valence-corrected chi connectivity index (χ0v) is 29.1. The highest BCUT2D eigenvalue weighted by Crippen LogP contribution is 2.62. The number of fused-ring (bicyclic) bond motifs is 9. The SMILES string of the molecule is CC1(C)c2ccccc2C2(c3ccccc3-c3ccccc32)c2cc(-c3ccc(-c4nc(-c5ccccc5)nc(-c5ccccc5)n4)cc3)ccc21. The third-order valence-electron chi connectivity index (χ3n) is 11.2. The second-order valence-corrected chi connectivity index (χ2v) is 14.4. The summed E-state index contributed by atoms with van der Waals surface area (Å²) in [4.78, 5) is 14.8. The first kappa shape index (κ1) is 30.4. The van der Waals surface area contributed by atoms with E-state index in [1.807, 2.05) is 60.7 Å². The van der Waals surface area contributed by atoms with E-state index in [0.29, 0.717) is 17.5 Å². The molecule has 0 saturated carbocycles. The quantitative estimate of drug-likeness (QED) is 0.188. The smallest absolute Gasteiger partial charge is 0.164 e. The predicted octanol–water partition coefficient (Wildman–Crippen LogP) is 11.5. The Morgan fingerprint density at radius 2 is 0.692 bits per heavy atom. The van der Waals surface area contributed by atoms with Gasteiger partial charge in [-0.05, 0) is 61.7 Å². The van der Waals surface area contributed by atoms with Gasteiger partial charge >= 0.3 is 0 Å². The number of nitrogens with zero attached hydrogens (tertiary/aromatic N) is 3. The summed E-state index contributed by atoms with van der Waals surface area (Å²) in [5.74, 6) is 1.98. The minimum absolute atomic E-state index is 0.169. The third kappa shape index (κ3) is 4.42. The van der Waals surface area contributed by atoms with E-state index in [2.05, 4.69) is 129 Å². The molecule has 1 aromatic heterocycles. The van der Waals surface area contributed by atoms with Crippen LogP contribution >= 0.6 is 0 Å². The molecule has 0 unspecified atom stereocenters. The Hall–Kier alpha value is -6.45. The molecular formula is C49H35N3. The van der Waals surface area contributed by atoms with E-state index in [1.165, 1.54) is 50.1 Å². The molecule has 2 aliphatic carbocycles. The molecule has 0 radical (unpaired) electrons. The van der Waals surface area contributed by atoms with Crippen molar-refractivity contribution in [3.05, 3.63) is 209 Å². The second kappa shape index (κ2) is 11.5. The first-order chi connectivity index (χ1) is 25.5. The normalized spacial score (nSPS) is 14.3. The van der Waals surface area contributed by atoms with Crippen molar-refractivity contribution in [2.75, 3.05) is 0 Å². The Morgan fingerprint density at radius 1 is 0.308 bits per heavy atom. The van der Waals surface area contributed by atoms with Crippen molar-refractivity contribution >= 4 is 0 Å². The van der Waals surface area contributed by atoms with Gasteiger partial charge in [0.25, 0.3) is 0 Å². The van der Waals surface area contributed by atoms with Crippen molar-refractivity contribution < 1.29 is 0 Å². The van der Waals surface area contributed by atoms with E-state index in [4.69, 9.17) is 15.0 Å². The van der Waals surface area contributed by atoms with Gasteiger partial charge in [0, 0.05) is 22.1 Å². The predicted molar refractivity (Wildman–Crippen MR) is 211 cm³/mol. The molecule has 1 spiro atoms. The lowest BCUT2D eigenvalue weighted by atomic mass is 9.55. The minimum atomic E-state index is -0.420. The Labute approximate surface area is 304 Å². The molecule has 10 rings (SSSR count). The highest BCUT2D eigenvalue weighted by Gasteiger charge is 2.53. The van der Waals surface area contributed by atoms with Gasteiger partial charge in [-0.25, -0.2) is 15.0 Å². The van der Waals surface area contributed by atoms with Crippen LogP contribution in [-0.4, -0.2) is 15.0 Å². The van der Waals surface area contributed by atoms with E-state index in [0.717, 1.165) is 22.3 Å². The average Bonchev–Trinajstić information content (AvgIpc) is 3.51. The standard InChI is InChI=1S/C49H35N3/c1-48(2)41-23-13-14-24-43(41)49(39-21-11-9-19-37(39)38-20-10-12-22-40(38)49)44-31-36(29-30-42(44)48)32-25-27-35(28-26-32)47-51-45(33-15-5-3-6-16-33)50-46(52-47)34-17-7-4-8-18-34/h3-31H,1-2H3. The van der Waals surface area contributed by atoms with Crippen LogP contribution in [0.1, 0.15) is 47.2 Å². The fraction of sp³-hybridized carbons (Fsp3) is 0.0816. The Bertz CT molecular complexity index is 2540. The summed E-state index contributed by atoms with van der Waals surface area (Å²) in [6.07, 6.45) is 0. The fourth-order valence-electron chi connectivity index (χ4n) is 8.79. The van der Waals surface area contributed by atoms with Crippen LogP contribution in [0.5, 0.6) is 0 Å². The number of hydrogen-bond acceptors (Lipinski definition) is 3. The fourth-order valence-corrected chi connectivity index (χ4v) is 8.79.